The number of Topliss-reactive ketones (excluding diaryl/α,β-unsaturated/α-hetero) is 2. The molecule has 0 fully saturated rings. The number of carbonyl (C=O) groups excluding carboxylic acids is 7. The van der Waals surface area contributed by atoms with Crippen LogP contribution >= 0.6 is 0 Å². The molecule has 1 rings (SSSR count). The Morgan fingerprint density at radius 3 is 1.50 bits per heavy atom. The first-order valence-corrected chi connectivity index (χ1v) is 18.8. The quantitative estimate of drug-likeness (QED) is 0.0315. The maximum Gasteiger partial charge on any atom is 0.246 e. The predicted molar refractivity (Wildman–Crippen MR) is 193 cm³/mol. The summed E-state index contributed by atoms with van der Waals surface area (Å²) in [6.07, 6.45) is 11.2. The summed E-state index contributed by atoms with van der Waals surface area (Å²) >= 11 is 0. The molecule has 0 saturated carbocycles. The van der Waals surface area contributed by atoms with Gasteiger partial charge in [-0.3, -0.25) is 54.2 Å². The minimum absolute atomic E-state index is 0. The third-order valence-corrected chi connectivity index (χ3v) is 8.51. The number of aryl methyl sites for hydroxylation is 1. The van der Waals surface area contributed by atoms with Crippen molar-refractivity contribution in [2.24, 2.45) is 0 Å². The number of ketones is 2. The fraction of sp³-hybridized carbons (Fsp3) is 0.676. The Kier molecular flexibility index (Phi) is 29.4. The molecule has 1 aromatic rings. The number of amides is 5. The Hall–Kier alpha value is -3.76. The number of aromatic nitrogens is 1. The number of hydrogen-bond donors (Lipinski definition) is 5. The second kappa shape index (κ2) is 31.6. The number of rotatable bonds is 31. The molecule has 0 unspecified atom stereocenters. The molecule has 0 aromatic carbocycles. The van der Waals surface area contributed by atoms with Crippen LogP contribution in [-0.4, -0.2) is 110 Å². The Labute approximate surface area is 329 Å². The molecule has 1 aromatic heterocycles. The summed E-state index contributed by atoms with van der Waals surface area (Å²) in [5.74, 6) is -2.05. The summed E-state index contributed by atoms with van der Waals surface area (Å²) in [6.45, 7) is 2.54. The summed E-state index contributed by atoms with van der Waals surface area (Å²) < 4.78 is 0. The Morgan fingerprint density at radius 2 is 0.963 bits per heavy atom. The molecule has 5 amide bonds. The number of nitrogens with one attached hydrogen (secondary N) is 2. The van der Waals surface area contributed by atoms with Crippen LogP contribution < -0.4 is 10.6 Å². The van der Waals surface area contributed by atoms with E-state index in [0.717, 1.165) is 18.4 Å². The van der Waals surface area contributed by atoms with Crippen molar-refractivity contribution in [1.29, 1.82) is 0 Å². The van der Waals surface area contributed by atoms with Crippen LogP contribution in [0.2, 0.25) is 0 Å². The second-order valence-corrected chi connectivity index (χ2v) is 13.1. The van der Waals surface area contributed by atoms with Gasteiger partial charge >= 0.3 is 0 Å². The van der Waals surface area contributed by atoms with Crippen LogP contribution in [0.15, 0.2) is 24.5 Å². The first-order chi connectivity index (χ1) is 25.4. The number of unbranched alkanes of at least 4 members (excludes halogenated alkanes) is 7. The second-order valence-electron chi connectivity index (χ2n) is 13.1. The van der Waals surface area contributed by atoms with E-state index >= 15 is 0 Å². The molecule has 16 nitrogen and oxygen atoms in total. The molecule has 0 radical (unpaired) electrons. The van der Waals surface area contributed by atoms with Gasteiger partial charge < -0.3 is 10.6 Å². The van der Waals surface area contributed by atoms with E-state index in [1.807, 2.05) is 12.1 Å². The summed E-state index contributed by atoms with van der Waals surface area (Å²) in [5.41, 5.74) is 1.03. The first kappa shape index (κ1) is 50.2. The van der Waals surface area contributed by atoms with Crippen molar-refractivity contribution >= 4 is 41.1 Å². The van der Waals surface area contributed by atoms with Gasteiger partial charge in [-0.1, -0.05) is 12.8 Å². The topological polar surface area (TPSA) is 227 Å². The van der Waals surface area contributed by atoms with E-state index in [4.69, 9.17) is 0 Å². The van der Waals surface area contributed by atoms with Crippen molar-refractivity contribution in [3.05, 3.63) is 30.1 Å². The zero-order chi connectivity index (χ0) is 39.3. The predicted octanol–water partition coefficient (Wildman–Crippen LogP) is 3.69. The molecule has 1 heterocycles. The molecule has 0 aliphatic rings. The van der Waals surface area contributed by atoms with Crippen molar-refractivity contribution in [2.75, 3.05) is 32.7 Å². The third-order valence-electron chi connectivity index (χ3n) is 8.51. The van der Waals surface area contributed by atoms with Gasteiger partial charge in [0.15, 0.2) is 0 Å². The molecule has 0 aliphatic heterocycles. The number of nitrogens with zero attached hydrogens (tertiary/aromatic N) is 4. The van der Waals surface area contributed by atoms with Crippen LogP contribution in [0, 0.1) is 0 Å². The fourth-order valence-electron chi connectivity index (χ4n) is 5.16. The average Bonchev–Trinajstić information content (AvgIpc) is 3.15. The van der Waals surface area contributed by atoms with Crippen LogP contribution in [0.25, 0.3) is 0 Å². The molecule has 17 heteroatoms. The SMILES string of the molecule is CC(=O)N(O)CCCCCCC(=O)CCC(=O)N(O)CCCCCNC(=O)CCC(=O)N(O)CCCCCNC(=O)CCC(=O)CCc1ccncc1.[Fe]. The van der Waals surface area contributed by atoms with Crippen molar-refractivity contribution in [1.82, 2.24) is 30.8 Å². The first-order valence-electron chi connectivity index (χ1n) is 18.8. The Balaban J connectivity index is 0.0000281. The standard InChI is InChI=1S/C37H60N6O10.Fe/c1-30(44)41(51)27-9-3-2-6-12-32(45)16-19-36(49)42(52)28-10-5-8-24-40-35(48)18-20-37(50)43(53)29-11-4-7-23-39-34(47)17-15-33(46)14-13-31-21-25-38-26-22-31;/h21-22,25-26,51-53H,2-20,23-24,27-29H2,1H3,(H,39,47)(H,40,48);. The van der Waals surface area contributed by atoms with Crippen molar-refractivity contribution in [3.63, 3.8) is 0 Å². The van der Waals surface area contributed by atoms with E-state index in [1.165, 1.54) is 6.92 Å². The maximum atomic E-state index is 12.2. The minimum Gasteiger partial charge on any atom is -0.356 e. The molecular formula is C37H60FeN6O10. The largest absolute Gasteiger partial charge is 0.356 e. The van der Waals surface area contributed by atoms with Gasteiger partial charge in [0.1, 0.15) is 11.6 Å². The van der Waals surface area contributed by atoms with Crippen molar-refractivity contribution in [2.45, 2.75) is 129 Å². The molecular weight excluding hydrogens is 744 g/mol. The summed E-state index contributed by atoms with van der Waals surface area (Å²) in [4.78, 5) is 87.3. The van der Waals surface area contributed by atoms with Gasteiger partial charge in [0.05, 0.1) is 0 Å². The van der Waals surface area contributed by atoms with E-state index in [0.29, 0.717) is 98.9 Å². The maximum absolute atomic E-state index is 12.2. The molecule has 0 spiro atoms. The summed E-state index contributed by atoms with van der Waals surface area (Å²) in [5, 5.41) is 36.6. The molecule has 306 valence electrons. The van der Waals surface area contributed by atoms with Gasteiger partial charge in [-0.25, -0.2) is 15.2 Å². The van der Waals surface area contributed by atoms with E-state index < -0.39 is 17.7 Å². The van der Waals surface area contributed by atoms with Crippen molar-refractivity contribution in [3.8, 4) is 0 Å². The van der Waals surface area contributed by atoms with Gasteiger partial charge in [-0.15, -0.1) is 0 Å². The normalized spacial score (nSPS) is 10.5. The average molecular weight is 805 g/mol. The molecule has 0 saturated heterocycles. The van der Waals surface area contributed by atoms with Gasteiger partial charge in [0.25, 0.3) is 0 Å². The summed E-state index contributed by atoms with van der Waals surface area (Å²) in [6, 6.07) is 3.72. The number of carbonyl (C=O) groups is 7. The monoisotopic (exact) mass is 804 g/mol. The van der Waals surface area contributed by atoms with Crippen molar-refractivity contribution < 1.29 is 66.3 Å². The van der Waals surface area contributed by atoms with E-state index in [2.05, 4.69) is 15.6 Å². The minimum atomic E-state index is -0.561. The molecule has 0 aliphatic carbocycles. The van der Waals surface area contributed by atoms with Gasteiger partial charge in [-0.2, -0.15) is 0 Å². The van der Waals surface area contributed by atoms with Gasteiger partial charge in [0.2, 0.25) is 29.5 Å². The molecule has 5 N–H and O–H groups in total. The Bertz CT molecular complexity index is 1270. The third kappa shape index (κ3) is 26.9. The fourth-order valence-corrected chi connectivity index (χ4v) is 5.16. The van der Waals surface area contributed by atoms with Crippen LogP contribution in [0.3, 0.4) is 0 Å². The van der Waals surface area contributed by atoms with E-state index in [1.54, 1.807) is 12.4 Å². The smallest absolute Gasteiger partial charge is 0.246 e. The number of pyridine rings is 1. The van der Waals surface area contributed by atoms with Gasteiger partial charge in [-0.05, 0) is 75.5 Å². The Morgan fingerprint density at radius 1 is 0.537 bits per heavy atom. The molecule has 0 bridgehead atoms. The van der Waals surface area contributed by atoms with Crippen LogP contribution in [0.1, 0.15) is 128 Å². The molecule has 0 atom stereocenters. The van der Waals surface area contributed by atoms with Gasteiger partial charge in [0, 0.05) is 120 Å². The summed E-state index contributed by atoms with van der Waals surface area (Å²) in [7, 11) is 0. The van der Waals surface area contributed by atoms with Crippen LogP contribution in [0.4, 0.5) is 0 Å². The van der Waals surface area contributed by atoms with Crippen LogP contribution in [0.5, 0.6) is 0 Å². The van der Waals surface area contributed by atoms with E-state index in [9.17, 15) is 49.2 Å². The molecule has 54 heavy (non-hydrogen) atoms. The zero-order valence-electron chi connectivity index (χ0n) is 31.6. The number of hydrogen-bond acceptors (Lipinski definition) is 11. The zero-order valence-corrected chi connectivity index (χ0v) is 32.7. The number of hydroxylamine groups is 6. The van der Waals surface area contributed by atoms with Crippen LogP contribution in [-0.2, 0) is 57.1 Å². The van der Waals surface area contributed by atoms with E-state index in [-0.39, 0.29) is 98.6 Å².